The number of hydrogen-bond donors (Lipinski definition) is 3. The van der Waals surface area contributed by atoms with Crippen molar-refractivity contribution in [2.75, 3.05) is 5.32 Å². The van der Waals surface area contributed by atoms with Crippen molar-refractivity contribution in [1.29, 1.82) is 0 Å². The Balaban J connectivity index is 1.85. The van der Waals surface area contributed by atoms with E-state index in [4.69, 9.17) is 23.2 Å². The number of amides is 1. The molecule has 1 amide bonds. The Morgan fingerprint density at radius 1 is 1.03 bits per heavy atom. The molecule has 0 aromatic heterocycles. The molecule has 0 bridgehead atoms. The zero-order valence-electron chi connectivity index (χ0n) is 15.8. The van der Waals surface area contributed by atoms with E-state index in [9.17, 15) is 15.0 Å². The van der Waals surface area contributed by atoms with Gasteiger partial charge in [-0.1, -0.05) is 47.5 Å². The van der Waals surface area contributed by atoms with Crippen molar-refractivity contribution in [3.8, 4) is 11.5 Å². The molecular weight excluding hydrogens is 425 g/mol. The first-order chi connectivity index (χ1) is 14.4. The summed E-state index contributed by atoms with van der Waals surface area (Å²) in [5, 5.41) is 29.3. The van der Waals surface area contributed by atoms with E-state index in [1.165, 1.54) is 17.1 Å². The Morgan fingerprint density at radius 2 is 1.67 bits per heavy atom. The zero-order valence-corrected chi connectivity index (χ0v) is 17.3. The van der Waals surface area contributed by atoms with Gasteiger partial charge < -0.3 is 15.5 Å². The Kier molecular flexibility index (Phi) is 5.28. The van der Waals surface area contributed by atoms with Gasteiger partial charge in [-0.05, 0) is 48.9 Å². The molecule has 152 valence electrons. The number of fused-ring (bicyclic) bond motifs is 1. The van der Waals surface area contributed by atoms with Gasteiger partial charge in [0.15, 0.2) is 11.9 Å². The topological polar surface area (TPSA) is 85.2 Å². The second-order valence-electron chi connectivity index (χ2n) is 6.78. The van der Waals surface area contributed by atoms with Gasteiger partial charge in [0.25, 0.3) is 5.91 Å². The molecule has 0 radical (unpaired) electrons. The summed E-state index contributed by atoms with van der Waals surface area (Å²) in [6.45, 7) is 1.71. The third-order valence-electron chi connectivity index (χ3n) is 4.81. The van der Waals surface area contributed by atoms with E-state index in [0.717, 1.165) is 0 Å². The SMILES string of the molecule is C/C(=N\N1C(=O)c2ccccc2NC1c1cc(Cl)c(O)c(Cl)c1)c1ccccc1O. The molecule has 4 rings (SSSR count). The molecule has 3 aromatic carbocycles. The summed E-state index contributed by atoms with van der Waals surface area (Å²) in [7, 11) is 0. The van der Waals surface area contributed by atoms with Crippen LogP contribution in [-0.2, 0) is 0 Å². The summed E-state index contributed by atoms with van der Waals surface area (Å²) in [4.78, 5) is 13.3. The third-order valence-corrected chi connectivity index (χ3v) is 5.39. The highest BCUT2D eigenvalue weighted by molar-refractivity contribution is 6.37. The van der Waals surface area contributed by atoms with Crippen molar-refractivity contribution in [2.24, 2.45) is 5.10 Å². The van der Waals surface area contributed by atoms with E-state index < -0.39 is 6.17 Å². The first-order valence-corrected chi connectivity index (χ1v) is 9.83. The maximum Gasteiger partial charge on any atom is 0.278 e. The van der Waals surface area contributed by atoms with Crippen molar-refractivity contribution in [3.63, 3.8) is 0 Å². The molecular formula is C22H17Cl2N3O3. The summed E-state index contributed by atoms with van der Waals surface area (Å²) < 4.78 is 0. The lowest BCUT2D eigenvalue weighted by Gasteiger charge is -2.35. The number of nitrogens with one attached hydrogen (secondary N) is 1. The number of benzene rings is 3. The minimum Gasteiger partial charge on any atom is -0.507 e. The Bertz CT molecular complexity index is 1160. The molecule has 0 saturated heterocycles. The van der Waals surface area contributed by atoms with Crippen LogP contribution in [0.3, 0.4) is 0 Å². The molecule has 1 aliphatic heterocycles. The molecule has 0 saturated carbocycles. The number of aromatic hydroxyl groups is 2. The predicted octanol–water partition coefficient (Wildman–Crippen LogP) is 5.40. The number of carbonyl (C=O) groups excluding carboxylic acids is 1. The van der Waals surface area contributed by atoms with Crippen molar-refractivity contribution in [1.82, 2.24) is 5.01 Å². The Hall–Kier alpha value is -3.22. The molecule has 0 spiro atoms. The molecule has 8 heteroatoms. The number of halogens is 2. The number of rotatable bonds is 3. The van der Waals surface area contributed by atoms with Gasteiger partial charge in [-0.15, -0.1) is 0 Å². The number of phenolic OH excluding ortho intramolecular Hbond substituents is 2. The van der Waals surface area contributed by atoms with E-state index in [1.807, 2.05) is 6.07 Å². The Labute approximate surface area is 183 Å². The molecule has 1 atom stereocenters. The number of hydrogen-bond acceptors (Lipinski definition) is 5. The molecule has 1 heterocycles. The summed E-state index contributed by atoms with van der Waals surface area (Å²) in [5.74, 6) is -0.502. The van der Waals surface area contributed by atoms with Crippen LogP contribution in [-0.4, -0.2) is 26.8 Å². The van der Waals surface area contributed by atoms with Crippen LogP contribution >= 0.6 is 23.2 Å². The maximum absolute atomic E-state index is 13.3. The Morgan fingerprint density at radius 3 is 2.37 bits per heavy atom. The number of carbonyl (C=O) groups is 1. The fraction of sp³-hybridized carbons (Fsp3) is 0.0909. The standard InChI is InChI=1S/C22H17Cl2N3O3/c1-12(14-6-3-5-9-19(14)28)26-27-21(13-10-16(23)20(29)17(24)11-13)25-18-8-4-2-7-15(18)22(27)30/h2-11,21,25,28-29H,1H3/b26-12+. The summed E-state index contributed by atoms with van der Waals surface area (Å²) in [6.07, 6.45) is -0.733. The largest absolute Gasteiger partial charge is 0.507 e. The maximum atomic E-state index is 13.3. The fourth-order valence-corrected chi connectivity index (χ4v) is 3.81. The minimum absolute atomic E-state index is 0.0591. The van der Waals surface area contributed by atoms with Crippen molar-refractivity contribution in [3.05, 3.63) is 87.4 Å². The fourth-order valence-electron chi connectivity index (χ4n) is 3.31. The van der Waals surface area contributed by atoms with E-state index in [2.05, 4.69) is 10.4 Å². The summed E-state index contributed by atoms with van der Waals surface area (Å²) in [5.41, 5.74) is 2.59. The lowest BCUT2D eigenvalue weighted by Crippen LogP contribution is -2.40. The number of nitrogens with zero attached hydrogens (tertiary/aromatic N) is 2. The first-order valence-electron chi connectivity index (χ1n) is 9.07. The normalized spacial score (nSPS) is 16.2. The van der Waals surface area contributed by atoms with Crippen LogP contribution in [0.1, 0.15) is 34.6 Å². The number of anilines is 1. The highest BCUT2D eigenvalue weighted by Gasteiger charge is 2.34. The minimum atomic E-state index is -0.733. The van der Waals surface area contributed by atoms with E-state index in [0.29, 0.717) is 28.1 Å². The van der Waals surface area contributed by atoms with Gasteiger partial charge in [0.05, 0.1) is 21.3 Å². The average molecular weight is 442 g/mol. The molecule has 0 fully saturated rings. The van der Waals surface area contributed by atoms with Crippen LogP contribution in [0.15, 0.2) is 65.8 Å². The third kappa shape index (κ3) is 3.56. The molecule has 0 aliphatic carbocycles. The van der Waals surface area contributed by atoms with Gasteiger partial charge >= 0.3 is 0 Å². The van der Waals surface area contributed by atoms with Crippen LogP contribution in [0.2, 0.25) is 10.0 Å². The smallest absolute Gasteiger partial charge is 0.278 e. The van der Waals surface area contributed by atoms with Crippen LogP contribution in [0, 0.1) is 0 Å². The highest BCUT2D eigenvalue weighted by atomic mass is 35.5. The number of para-hydroxylation sites is 2. The van der Waals surface area contributed by atoms with Gasteiger partial charge in [-0.25, -0.2) is 5.01 Å². The lowest BCUT2D eigenvalue weighted by atomic mass is 10.0. The predicted molar refractivity (Wildman–Crippen MR) is 117 cm³/mol. The van der Waals surface area contributed by atoms with Crippen molar-refractivity contribution in [2.45, 2.75) is 13.1 Å². The molecule has 30 heavy (non-hydrogen) atoms. The van der Waals surface area contributed by atoms with Gasteiger partial charge in [0.1, 0.15) is 5.75 Å². The monoisotopic (exact) mass is 441 g/mol. The quantitative estimate of drug-likeness (QED) is 0.475. The van der Waals surface area contributed by atoms with Crippen LogP contribution in [0.25, 0.3) is 0 Å². The molecule has 3 N–H and O–H groups in total. The van der Waals surface area contributed by atoms with Crippen molar-refractivity contribution >= 4 is 40.5 Å². The lowest BCUT2D eigenvalue weighted by molar-refractivity contribution is 0.0689. The summed E-state index contributed by atoms with van der Waals surface area (Å²) in [6, 6.07) is 16.9. The van der Waals surface area contributed by atoms with Crippen LogP contribution in [0.5, 0.6) is 11.5 Å². The van der Waals surface area contributed by atoms with E-state index in [-0.39, 0.29) is 27.5 Å². The van der Waals surface area contributed by atoms with Gasteiger partial charge in [-0.2, -0.15) is 5.10 Å². The van der Waals surface area contributed by atoms with E-state index in [1.54, 1.807) is 49.4 Å². The number of phenols is 2. The first kappa shape index (κ1) is 20.1. The van der Waals surface area contributed by atoms with E-state index >= 15 is 0 Å². The molecule has 3 aromatic rings. The second kappa shape index (κ2) is 7.89. The van der Waals surface area contributed by atoms with Gasteiger partial charge in [0.2, 0.25) is 0 Å². The van der Waals surface area contributed by atoms with Gasteiger partial charge in [0, 0.05) is 11.3 Å². The molecule has 6 nitrogen and oxygen atoms in total. The highest BCUT2D eigenvalue weighted by Crippen LogP contribution is 2.39. The number of hydrazone groups is 1. The summed E-state index contributed by atoms with van der Waals surface area (Å²) >= 11 is 12.2. The van der Waals surface area contributed by atoms with Crippen LogP contribution in [0.4, 0.5) is 5.69 Å². The van der Waals surface area contributed by atoms with Crippen molar-refractivity contribution < 1.29 is 15.0 Å². The van der Waals surface area contributed by atoms with Crippen LogP contribution < -0.4 is 5.32 Å². The van der Waals surface area contributed by atoms with Gasteiger partial charge in [-0.3, -0.25) is 4.79 Å². The molecule has 1 aliphatic rings. The molecule has 1 unspecified atom stereocenters. The second-order valence-corrected chi connectivity index (χ2v) is 7.59. The zero-order chi connectivity index (χ0) is 21.4. The average Bonchev–Trinajstić information content (AvgIpc) is 2.73.